The van der Waals surface area contributed by atoms with Crippen molar-refractivity contribution in [1.29, 1.82) is 0 Å². The number of fused-ring (bicyclic) bond motifs is 1. The first-order valence-electron chi connectivity index (χ1n) is 11.7. The van der Waals surface area contributed by atoms with E-state index in [-0.39, 0.29) is 5.60 Å². The lowest BCUT2D eigenvalue weighted by Crippen LogP contribution is -2.46. The lowest BCUT2D eigenvalue weighted by Gasteiger charge is -2.37. The molecule has 0 unspecified atom stereocenters. The van der Waals surface area contributed by atoms with Gasteiger partial charge in [0.05, 0.1) is 17.7 Å². The van der Waals surface area contributed by atoms with Crippen LogP contribution in [0.25, 0.3) is 5.69 Å². The summed E-state index contributed by atoms with van der Waals surface area (Å²) in [6, 6.07) is 6.17. The van der Waals surface area contributed by atoms with Crippen molar-refractivity contribution in [2.24, 2.45) is 0 Å². The molecule has 1 aromatic heterocycles. The van der Waals surface area contributed by atoms with E-state index >= 15 is 0 Å². The molecule has 3 heterocycles. The molecule has 7 nitrogen and oxygen atoms in total. The van der Waals surface area contributed by atoms with E-state index in [2.05, 4.69) is 48.5 Å². The van der Waals surface area contributed by atoms with Gasteiger partial charge in [0.15, 0.2) is 0 Å². The Morgan fingerprint density at radius 2 is 1.82 bits per heavy atom. The molecule has 2 aliphatic rings. The Balaban J connectivity index is 1.33. The largest absolute Gasteiger partial charge is 0.487 e. The van der Waals surface area contributed by atoms with Crippen molar-refractivity contribution in [3.63, 3.8) is 0 Å². The lowest BCUT2D eigenvalue weighted by atomic mass is 9.91. The summed E-state index contributed by atoms with van der Waals surface area (Å²) in [6.07, 6.45) is 6.45. The fourth-order valence-electron chi connectivity index (χ4n) is 5.12. The maximum absolute atomic E-state index is 6.65. The molecule has 0 atom stereocenters. The van der Waals surface area contributed by atoms with Crippen LogP contribution in [-0.4, -0.2) is 46.2 Å². The maximum Gasteiger partial charge on any atom is 0.127 e. The number of hydrogen-bond acceptors (Lipinski definition) is 6. The molecule has 2 aromatic carbocycles. The number of benzene rings is 2. The first-order chi connectivity index (χ1) is 15.7. The van der Waals surface area contributed by atoms with Gasteiger partial charge in [0.1, 0.15) is 11.4 Å². The summed E-state index contributed by atoms with van der Waals surface area (Å²) >= 11 is 0. The van der Waals surface area contributed by atoms with E-state index < -0.39 is 0 Å². The van der Waals surface area contributed by atoms with Gasteiger partial charge in [-0.05, 0) is 62.6 Å². The highest BCUT2D eigenvalue weighted by Gasteiger charge is 2.35. The average Bonchev–Trinajstić information content (AvgIpc) is 3.44. The Morgan fingerprint density at radius 3 is 2.52 bits per heavy atom. The molecule has 0 spiro atoms. The molecule has 0 amide bonds. The van der Waals surface area contributed by atoms with Crippen molar-refractivity contribution in [3.05, 3.63) is 59.2 Å². The second-order valence-corrected chi connectivity index (χ2v) is 9.96. The molecule has 1 saturated heterocycles. The fraction of sp³-hybridized carbons (Fsp3) is 0.423. The summed E-state index contributed by atoms with van der Waals surface area (Å²) in [6.45, 7) is 13.2. The smallest absolute Gasteiger partial charge is 0.127 e. The number of piperazine rings is 1. The minimum atomic E-state index is -0.182. The maximum atomic E-state index is 6.65. The number of aromatic nitrogens is 2. The van der Waals surface area contributed by atoms with Crippen molar-refractivity contribution in [1.82, 2.24) is 14.5 Å². The van der Waals surface area contributed by atoms with Gasteiger partial charge in [-0.25, -0.2) is 4.98 Å². The van der Waals surface area contributed by atoms with Gasteiger partial charge in [-0.3, -0.25) is 4.90 Å². The van der Waals surface area contributed by atoms with Crippen molar-refractivity contribution < 1.29 is 4.74 Å². The molecule has 7 heteroatoms. The second-order valence-electron chi connectivity index (χ2n) is 9.96. The third-order valence-corrected chi connectivity index (χ3v) is 7.16. The summed E-state index contributed by atoms with van der Waals surface area (Å²) in [4.78, 5) is 9.04. The van der Waals surface area contributed by atoms with Crippen LogP contribution in [0.4, 0.5) is 17.1 Å². The molecule has 0 aliphatic carbocycles. The van der Waals surface area contributed by atoms with Crippen LogP contribution in [0.15, 0.2) is 36.9 Å². The van der Waals surface area contributed by atoms with Gasteiger partial charge < -0.3 is 25.7 Å². The Kier molecular flexibility index (Phi) is 5.24. The molecule has 0 radical (unpaired) electrons. The minimum Gasteiger partial charge on any atom is -0.487 e. The number of nitrogens with two attached hydrogens (primary N) is 2. The molecular formula is C26H34N6O. The number of anilines is 3. The van der Waals surface area contributed by atoms with Crippen molar-refractivity contribution >= 4 is 17.1 Å². The highest BCUT2D eigenvalue weighted by Crippen LogP contribution is 2.44. The van der Waals surface area contributed by atoms with Crippen LogP contribution < -0.4 is 21.1 Å². The molecule has 4 N–H and O–H groups in total. The number of ether oxygens (including phenoxy) is 1. The summed E-state index contributed by atoms with van der Waals surface area (Å²) < 4.78 is 8.32. The van der Waals surface area contributed by atoms with Crippen LogP contribution in [0.3, 0.4) is 0 Å². The highest BCUT2D eigenvalue weighted by molar-refractivity contribution is 5.71. The van der Waals surface area contributed by atoms with E-state index in [0.717, 1.165) is 73.2 Å². The quantitative estimate of drug-likeness (QED) is 0.595. The van der Waals surface area contributed by atoms with E-state index in [0.29, 0.717) is 0 Å². The predicted octanol–water partition coefficient (Wildman–Crippen LogP) is 3.69. The molecule has 174 valence electrons. The third-order valence-electron chi connectivity index (χ3n) is 7.16. The molecule has 3 aromatic rings. The van der Waals surface area contributed by atoms with E-state index in [1.165, 1.54) is 16.7 Å². The van der Waals surface area contributed by atoms with Gasteiger partial charge in [0.25, 0.3) is 0 Å². The Bertz CT molecular complexity index is 1180. The van der Waals surface area contributed by atoms with Crippen LogP contribution in [0.5, 0.6) is 5.75 Å². The number of hydrogen-bond donors (Lipinski definition) is 2. The lowest BCUT2D eigenvalue weighted by molar-refractivity contribution is 0.137. The van der Waals surface area contributed by atoms with Crippen LogP contribution in [0, 0.1) is 13.8 Å². The summed E-state index contributed by atoms with van der Waals surface area (Å²) in [5, 5.41) is 0. The summed E-state index contributed by atoms with van der Waals surface area (Å²) in [5.74, 6) is 1.05. The number of rotatable bonds is 4. The molecule has 5 rings (SSSR count). The predicted molar refractivity (Wildman–Crippen MR) is 134 cm³/mol. The second kappa shape index (κ2) is 7.99. The molecule has 1 fully saturated rings. The SMILES string of the molecule is Cc1c(C)c2c(c(CN3CCN(c4cc(-n5ccnc5)ccc4N)CC3)c1N)CC(C)(C)O2. The Morgan fingerprint density at radius 1 is 1.06 bits per heavy atom. The summed E-state index contributed by atoms with van der Waals surface area (Å²) in [7, 11) is 0. The number of nitrogen functional groups attached to an aromatic ring is 2. The van der Waals surface area contributed by atoms with E-state index in [1.807, 2.05) is 29.2 Å². The topological polar surface area (TPSA) is 85.6 Å². The molecule has 33 heavy (non-hydrogen) atoms. The monoisotopic (exact) mass is 446 g/mol. The summed E-state index contributed by atoms with van der Waals surface area (Å²) in [5.41, 5.74) is 21.6. The van der Waals surface area contributed by atoms with E-state index in [9.17, 15) is 0 Å². The van der Waals surface area contributed by atoms with Gasteiger partial charge in [-0.2, -0.15) is 0 Å². The molecule has 2 aliphatic heterocycles. The van der Waals surface area contributed by atoms with E-state index in [1.54, 1.807) is 6.20 Å². The van der Waals surface area contributed by atoms with Crippen LogP contribution in [0.1, 0.15) is 36.1 Å². The first kappa shape index (κ1) is 21.6. The van der Waals surface area contributed by atoms with E-state index in [4.69, 9.17) is 16.2 Å². The number of imidazole rings is 1. The van der Waals surface area contributed by atoms with Gasteiger partial charge in [-0.1, -0.05) is 0 Å². The van der Waals surface area contributed by atoms with Gasteiger partial charge in [-0.15, -0.1) is 0 Å². The van der Waals surface area contributed by atoms with Crippen LogP contribution in [0.2, 0.25) is 0 Å². The molecule has 0 bridgehead atoms. The van der Waals surface area contributed by atoms with Gasteiger partial charge in [0.2, 0.25) is 0 Å². The highest BCUT2D eigenvalue weighted by atomic mass is 16.5. The normalized spacial score (nSPS) is 17.8. The van der Waals surface area contributed by atoms with Crippen LogP contribution in [-0.2, 0) is 13.0 Å². The molecule has 0 saturated carbocycles. The third kappa shape index (κ3) is 3.91. The zero-order valence-electron chi connectivity index (χ0n) is 20.1. The number of nitrogens with zero attached hydrogens (tertiary/aromatic N) is 4. The first-order valence-corrected chi connectivity index (χ1v) is 11.7. The Labute approximate surface area is 196 Å². The van der Waals surface area contributed by atoms with Crippen molar-refractivity contribution in [3.8, 4) is 11.4 Å². The molecular weight excluding hydrogens is 412 g/mol. The van der Waals surface area contributed by atoms with Crippen molar-refractivity contribution in [2.45, 2.75) is 46.3 Å². The van der Waals surface area contributed by atoms with Gasteiger partial charge in [0, 0.05) is 68.5 Å². The van der Waals surface area contributed by atoms with Gasteiger partial charge >= 0.3 is 0 Å². The average molecular weight is 447 g/mol. The minimum absolute atomic E-state index is 0.182. The van der Waals surface area contributed by atoms with Crippen LogP contribution >= 0.6 is 0 Å². The standard InChI is InChI=1S/C26H34N6O/c1-17-18(2)25-20(14-26(3,4)33-25)21(24(17)28)15-30-9-11-31(12-10-30)23-13-19(5-6-22(23)27)32-8-7-29-16-32/h5-8,13,16H,9-12,14-15,27-28H2,1-4H3. The Hall–Kier alpha value is -3.19. The fourth-order valence-corrected chi connectivity index (χ4v) is 5.12. The zero-order valence-corrected chi connectivity index (χ0v) is 20.1. The zero-order chi connectivity index (χ0) is 23.3. The van der Waals surface area contributed by atoms with Crippen molar-refractivity contribution in [2.75, 3.05) is 42.5 Å².